The van der Waals surface area contributed by atoms with Gasteiger partial charge in [0.15, 0.2) is 0 Å². The molecule has 1 aromatic rings. The first-order chi connectivity index (χ1) is 20.9. The number of nitrogens with one attached hydrogen (secondary N) is 2. The fourth-order valence-corrected chi connectivity index (χ4v) is 5.49. The van der Waals surface area contributed by atoms with Crippen molar-refractivity contribution in [1.82, 2.24) is 15.1 Å². The summed E-state index contributed by atoms with van der Waals surface area (Å²) in [5.74, 6) is -1.40. The molecule has 0 spiro atoms. The number of carbonyl (C=O) groups excluding carboxylic acids is 3. The summed E-state index contributed by atoms with van der Waals surface area (Å²) in [5, 5.41) is 4.83. The molecular formula is C32H44F3N5O4. The number of hydrogen-bond acceptors (Lipinski definition) is 6. The topological polar surface area (TPSA) is 94.2 Å². The summed E-state index contributed by atoms with van der Waals surface area (Å²) >= 11 is 0. The van der Waals surface area contributed by atoms with Crippen molar-refractivity contribution in [2.75, 3.05) is 50.6 Å². The summed E-state index contributed by atoms with van der Waals surface area (Å²) in [5.41, 5.74) is 0.708. The third-order valence-electron chi connectivity index (χ3n) is 8.78. The van der Waals surface area contributed by atoms with Gasteiger partial charge in [-0.1, -0.05) is 12.2 Å². The number of amides is 3. The molecule has 4 rings (SSSR count). The zero-order valence-corrected chi connectivity index (χ0v) is 26.3. The lowest BCUT2D eigenvalue weighted by atomic mass is 9.82. The van der Waals surface area contributed by atoms with Crippen LogP contribution in [0.2, 0.25) is 0 Å². The molecule has 1 saturated carbocycles. The number of rotatable bonds is 10. The van der Waals surface area contributed by atoms with Crippen LogP contribution in [0.25, 0.3) is 5.57 Å². The van der Waals surface area contributed by atoms with Gasteiger partial charge in [-0.25, -0.2) is 13.2 Å². The lowest BCUT2D eigenvalue weighted by Gasteiger charge is -2.44. The predicted molar refractivity (Wildman–Crippen MR) is 166 cm³/mol. The van der Waals surface area contributed by atoms with E-state index in [-0.39, 0.29) is 41.9 Å². The molecule has 3 aliphatic rings. The van der Waals surface area contributed by atoms with Crippen LogP contribution >= 0.6 is 0 Å². The normalized spacial score (nSPS) is 22.1. The Balaban J connectivity index is 0.000000662. The molecule has 1 saturated heterocycles. The second-order valence-corrected chi connectivity index (χ2v) is 11.7. The third kappa shape index (κ3) is 8.29. The molecular weight excluding hydrogens is 575 g/mol. The van der Waals surface area contributed by atoms with Gasteiger partial charge in [0.2, 0.25) is 12.8 Å². The Morgan fingerprint density at radius 3 is 2.27 bits per heavy atom. The first-order valence-electron chi connectivity index (χ1n) is 14.8. The average Bonchev–Trinajstić information content (AvgIpc) is 3.46. The maximum absolute atomic E-state index is 15.4. The largest absolute Gasteiger partial charge is 0.379 e. The van der Waals surface area contributed by atoms with Crippen molar-refractivity contribution >= 4 is 35.7 Å². The van der Waals surface area contributed by atoms with Crippen LogP contribution < -0.4 is 15.5 Å². The molecule has 2 atom stereocenters. The molecule has 2 fully saturated rings. The highest BCUT2D eigenvalue weighted by Crippen LogP contribution is 2.36. The first kappa shape index (κ1) is 34.8. The number of anilines is 2. The number of hydrogen-bond donors (Lipinski definition) is 2. The van der Waals surface area contributed by atoms with Crippen LogP contribution in [0, 0.1) is 5.82 Å². The number of likely N-dealkylation sites (N-methyl/N-ethyl adjacent to an activating group) is 1. The fraction of sp³-hybridized carbons (Fsp3) is 0.531. The first-order valence-corrected chi connectivity index (χ1v) is 14.8. The summed E-state index contributed by atoms with van der Waals surface area (Å²) in [4.78, 5) is 40.9. The van der Waals surface area contributed by atoms with E-state index in [2.05, 4.69) is 22.5 Å². The summed E-state index contributed by atoms with van der Waals surface area (Å²) in [6.45, 7) is 9.25. The van der Waals surface area contributed by atoms with Gasteiger partial charge in [-0.15, -0.1) is 0 Å². The minimum atomic E-state index is -2.96. The van der Waals surface area contributed by atoms with E-state index in [0.717, 1.165) is 12.3 Å². The average molecular weight is 620 g/mol. The summed E-state index contributed by atoms with van der Waals surface area (Å²) in [6, 6.07) is 3.07. The Morgan fingerprint density at radius 2 is 1.82 bits per heavy atom. The molecule has 44 heavy (non-hydrogen) atoms. The van der Waals surface area contributed by atoms with Gasteiger partial charge in [-0.2, -0.15) is 0 Å². The number of alkyl halides is 2. The Morgan fingerprint density at radius 1 is 1.16 bits per heavy atom. The number of allylic oxidation sites excluding steroid dienone is 1. The second kappa shape index (κ2) is 15.4. The molecule has 0 aromatic heterocycles. The molecule has 2 heterocycles. The van der Waals surface area contributed by atoms with Crippen LogP contribution in [-0.4, -0.2) is 93.0 Å². The van der Waals surface area contributed by atoms with Crippen LogP contribution in [0.4, 0.5) is 24.5 Å². The van der Waals surface area contributed by atoms with E-state index in [9.17, 15) is 23.2 Å². The standard InChI is InChI=1S/C26H32F3N5O3.C6H12O/c1-5-19(25(28)29)21(10-30-14-35)26(37)31-23-8-20(18-6-7-33(13-18)15-36)22(27)9-24(23)34-11-16(2)32(4)17(3)12-34;1-6(7-2)4-3-5-6/h5-6,8-10,14-17,25H,7,11-13H2,1-4H3,(H,30,35)(H,31,37);3-5H2,1-2H3/b19-5+,21-10+;. The quantitative estimate of drug-likeness (QED) is 0.227. The third-order valence-corrected chi connectivity index (χ3v) is 8.78. The number of benzene rings is 1. The molecule has 0 radical (unpaired) electrons. The lowest BCUT2D eigenvalue weighted by Crippen LogP contribution is -2.55. The van der Waals surface area contributed by atoms with E-state index in [1.165, 1.54) is 43.2 Å². The number of nitrogens with zero attached hydrogens (tertiary/aromatic N) is 3. The highest BCUT2D eigenvalue weighted by Gasteiger charge is 2.31. The number of carbonyl (C=O) groups is 3. The predicted octanol–water partition coefficient (Wildman–Crippen LogP) is 4.57. The smallest absolute Gasteiger partial charge is 0.264 e. The van der Waals surface area contributed by atoms with Gasteiger partial charge in [-0.05, 0) is 71.7 Å². The van der Waals surface area contributed by atoms with Crippen molar-refractivity contribution in [3.63, 3.8) is 0 Å². The Hall–Kier alpha value is -3.64. The molecule has 242 valence electrons. The van der Waals surface area contributed by atoms with E-state index in [1.807, 2.05) is 25.8 Å². The molecule has 12 heteroatoms. The van der Waals surface area contributed by atoms with Gasteiger partial charge in [0.05, 0.1) is 22.5 Å². The highest BCUT2D eigenvalue weighted by molar-refractivity contribution is 6.08. The van der Waals surface area contributed by atoms with Crippen LogP contribution in [-0.2, 0) is 19.1 Å². The molecule has 3 amide bonds. The van der Waals surface area contributed by atoms with Crippen LogP contribution in [0.15, 0.2) is 41.6 Å². The molecule has 2 unspecified atom stereocenters. The second-order valence-electron chi connectivity index (χ2n) is 11.7. The fourth-order valence-electron chi connectivity index (χ4n) is 5.49. The number of methoxy groups -OCH3 is 1. The van der Waals surface area contributed by atoms with Crippen molar-refractivity contribution in [1.29, 1.82) is 0 Å². The summed E-state index contributed by atoms with van der Waals surface area (Å²) in [7, 11) is 3.80. The number of ether oxygens (including phenoxy) is 1. The van der Waals surface area contributed by atoms with Crippen molar-refractivity contribution < 1.29 is 32.3 Å². The minimum absolute atomic E-state index is 0.134. The van der Waals surface area contributed by atoms with Gasteiger partial charge < -0.3 is 25.2 Å². The Bertz CT molecular complexity index is 1280. The molecule has 0 bridgehead atoms. The van der Waals surface area contributed by atoms with E-state index >= 15 is 4.39 Å². The summed E-state index contributed by atoms with van der Waals surface area (Å²) in [6.07, 6.45) is 5.58. The van der Waals surface area contributed by atoms with E-state index in [4.69, 9.17) is 4.74 Å². The highest BCUT2D eigenvalue weighted by atomic mass is 19.3. The van der Waals surface area contributed by atoms with Crippen molar-refractivity contribution in [3.8, 4) is 0 Å². The zero-order valence-electron chi connectivity index (χ0n) is 26.3. The van der Waals surface area contributed by atoms with Gasteiger partial charge in [0.25, 0.3) is 12.3 Å². The molecule has 2 N–H and O–H groups in total. The molecule has 9 nitrogen and oxygen atoms in total. The SMILES string of the molecule is C/C=C(\C(=C/NC=O)C(=O)Nc1cc(C2=CCN(C=O)C2)c(F)cc1N1CC(C)N(C)C(C)C1)C(F)F.COC1(C)CCC1. The summed E-state index contributed by atoms with van der Waals surface area (Å²) < 4.78 is 47.9. The van der Waals surface area contributed by atoms with E-state index in [0.29, 0.717) is 37.3 Å². The maximum Gasteiger partial charge on any atom is 0.264 e. The molecule has 2 aliphatic heterocycles. The zero-order chi connectivity index (χ0) is 32.6. The van der Waals surface area contributed by atoms with Gasteiger partial charge >= 0.3 is 0 Å². The minimum Gasteiger partial charge on any atom is -0.379 e. The maximum atomic E-state index is 15.4. The van der Waals surface area contributed by atoms with E-state index in [1.54, 1.807) is 13.2 Å². The Labute approximate surface area is 257 Å². The number of piperazine rings is 1. The molecule has 1 aliphatic carbocycles. The van der Waals surface area contributed by atoms with Crippen LogP contribution in [0.5, 0.6) is 0 Å². The van der Waals surface area contributed by atoms with Gasteiger partial charge in [0, 0.05) is 62.7 Å². The monoisotopic (exact) mass is 619 g/mol. The van der Waals surface area contributed by atoms with Crippen molar-refractivity contribution in [2.24, 2.45) is 0 Å². The van der Waals surface area contributed by atoms with Crippen molar-refractivity contribution in [2.45, 2.75) is 71.1 Å². The molecule has 1 aromatic carbocycles. The van der Waals surface area contributed by atoms with Crippen LogP contribution in [0.3, 0.4) is 0 Å². The Kier molecular flexibility index (Phi) is 12.2. The van der Waals surface area contributed by atoms with Crippen LogP contribution in [0.1, 0.15) is 52.5 Å². The van der Waals surface area contributed by atoms with E-state index < -0.39 is 29.3 Å². The van der Waals surface area contributed by atoms with Gasteiger partial charge in [-0.3, -0.25) is 19.3 Å². The number of halogens is 3. The van der Waals surface area contributed by atoms with Crippen molar-refractivity contribution in [3.05, 3.63) is 53.0 Å². The van der Waals surface area contributed by atoms with Gasteiger partial charge in [0.1, 0.15) is 5.82 Å². The lowest BCUT2D eigenvalue weighted by molar-refractivity contribution is -0.117.